The Bertz CT molecular complexity index is 603. The van der Waals surface area contributed by atoms with Gasteiger partial charge in [-0.25, -0.2) is 4.98 Å². The lowest BCUT2D eigenvalue weighted by molar-refractivity contribution is -0.392. The number of morpholine rings is 1. The van der Waals surface area contributed by atoms with Crippen LogP contribution in [0.5, 0.6) is 0 Å². The molecule has 0 spiro atoms. The number of alkyl halides is 3. The van der Waals surface area contributed by atoms with Gasteiger partial charge in [-0.1, -0.05) is 0 Å². The van der Waals surface area contributed by atoms with Gasteiger partial charge in [0.1, 0.15) is 25.5 Å². The molecule has 1 saturated heterocycles. The first-order valence-electron chi connectivity index (χ1n) is 6.51. The summed E-state index contributed by atoms with van der Waals surface area (Å²) in [6.07, 6.45) is -5.84. The zero-order chi connectivity index (χ0) is 17.2. The number of aromatic nitrogens is 2. The summed E-state index contributed by atoms with van der Waals surface area (Å²) in [4.78, 5) is 25.5. The average molecular weight is 338 g/mol. The Labute approximate surface area is 127 Å². The fraction of sp³-hybridized carbons (Fsp3) is 0.636. The molecule has 23 heavy (non-hydrogen) atoms. The van der Waals surface area contributed by atoms with E-state index in [0.717, 1.165) is 0 Å². The van der Waals surface area contributed by atoms with E-state index in [1.165, 1.54) is 4.90 Å². The van der Waals surface area contributed by atoms with Crippen LogP contribution in [0.15, 0.2) is 6.20 Å². The quantitative estimate of drug-likeness (QED) is 0.599. The van der Waals surface area contributed by atoms with Gasteiger partial charge in [-0.15, -0.1) is 0 Å². The predicted octanol–water partition coefficient (Wildman–Crippen LogP) is 0.0298. The lowest BCUT2D eigenvalue weighted by Crippen LogP contribution is -2.46. The molecule has 0 aliphatic carbocycles. The summed E-state index contributed by atoms with van der Waals surface area (Å²) < 4.78 is 43.7. The number of carbonyl (C=O) groups excluding carboxylic acids is 1. The van der Waals surface area contributed by atoms with Crippen molar-refractivity contribution in [2.24, 2.45) is 0 Å². The molecule has 1 amide bonds. The Morgan fingerprint density at radius 3 is 2.74 bits per heavy atom. The summed E-state index contributed by atoms with van der Waals surface area (Å²) in [5, 5.41) is 20.7. The number of rotatable bonds is 5. The molecule has 1 aliphatic rings. The van der Waals surface area contributed by atoms with Crippen molar-refractivity contribution in [1.29, 1.82) is 0 Å². The van der Waals surface area contributed by atoms with E-state index in [9.17, 15) is 33.2 Å². The number of aliphatic hydroxyl groups is 1. The fourth-order valence-corrected chi connectivity index (χ4v) is 2.18. The van der Waals surface area contributed by atoms with Crippen LogP contribution in [-0.4, -0.2) is 62.8 Å². The number of halogens is 3. The van der Waals surface area contributed by atoms with Crippen molar-refractivity contribution in [3.05, 3.63) is 22.1 Å². The number of hydrogen-bond acceptors (Lipinski definition) is 6. The van der Waals surface area contributed by atoms with Gasteiger partial charge in [0, 0.05) is 6.54 Å². The number of nitrogens with zero attached hydrogens (tertiary/aromatic N) is 4. The lowest BCUT2D eigenvalue weighted by atomic mass is 10.3. The van der Waals surface area contributed by atoms with Crippen molar-refractivity contribution in [1.82, 2.24) is 14.5 Å². The monoisotopic (exact) mass is 338 g/mol. The van der Waals surface area contributed by atoms with Gasteiger partial charge < -0.3 is 24.9 Å². The number of ether oxygens (including phenoxy) is 1. The number of hydrogen-bond donors (Lipinski definition) is 1. The first kappa shape index (κ1) is 17.1. The van der Waals surface area contributed by atoms with Gasteiger partial charge in [-0.2, -0.15) is 17.7 Å². The molecule has 0 radical (unpaired) electrons. The maximum atomic E-state index is 12.8. The Morgan fingerprint density at radius 1 is 1.48 bits per heavy atom. The highest BCUT2D eigenvalue weighted by Crippen LogP contribution is 2.31. The molecule has 9 nitrogen and oxygen atoms in total. The smallest absolute Gasteiger partial charge is 0.387 e. The number of amides is 1. The van der Waals surface area contributed by atoms with E-state index < -0.39 is 41.3 Å². The van der Waals surface area contributed by atoms with Gasteiger partial charge in [0.25, 0.3) is 0 Å². The van der Waals surface area contributed by atoms with Crippen LogP contribution in [0.25, 0.3) is 0 Å². The van der Waals surface area contributed by atoms with Gasteiger partial charge >= 0.3 is 17.8 Å². The normalized spacial score (nSPS) is 17.4. The molecule has 1 unspecified atom stereocenters. The minimum absolute atomic E-state index is 0.175. The first-order chi connectivity index (χ1) is 10.7. The fourth-order valence-electron chi connectivity index (χ4n) is 2.18. The van der Waals surface area contributed by atoms with Crippen LogP contribution in [-0.2, 0) is 22.3 Å². The summed E-state index contributed by atoms with van der Waals surface area (Å²) in [6.45, 7) is -0.706. The van der Waals surface area contributed by atoms with Crippen molar-refractivity contribution >= 4 is 11.7 Å². The minimum Gasteiger partial charge on any atom is -0.387 e. The summed E-state index contributed by atoms with van der Waals surface area (Å²) in [7, 11) is 0. The summed E-state index contributed by atoms with van der Waals surface area (Å²) in [5.74, 6) is -2.77. The SMILES string of the molecule is O=C1COCCN1CC(O)Cn1c([N+](=O)[O-])cnc1C(F)(F)F. The highest BCUT2D eigenvalue weighted by molar-refractivity contribution is 5.78. The van der Waals surface area contributed by atoms with Crippen molar-refractivity contribution in [3.8, 4) is 0 Å². The molecule has 128 valence electrons. The second-order valence-electron chi connectivity index (χ2n) is 4.85. The number of β-amino-alcohol motifs (C(OH)–C–C–N with tert-alkyl or cyclic N) is 1. The van der Waals surface area contributed by atoms with E-state index in [2.05, 4.69) is 4.98 Å². The van der Waals surface area contributed by atoms with Gasteiger partial charge in [0.15, 0.2) is 0 Å². The van der Waals surface area contributed by atoms with Crippen molar-refractivity contribution in [2.75, 3.05) is 26.3 Å². The van der Waals surface area contributed by atoms with Crippen LogP contribution in [0, 0.1) is 10.1 Å². The summed E-state index contributed by atoms with van der Waals surface area (Å²) >= 11 is 0. The average Bonchev–Trinajstić information content (AvgIpc) is 2.85. The largest absolute Gasteiger partial charge is 0.473 e. The second-order valence-corrected chi connectivity index (χ2v) is 4.85. The van der Waals surface area contributed by atoms with Gasteiger partial charge in [-0.3, -0.25) is 4.79 Å². The van der Waals surface area contributed by atoms with Crippen molar-refractivity contribution in [3.63, 3.8) is 0 Å². The van der Waals surface area contributed by atoms with E-state index in [4.69, 9.17) is 4.74 Å². The Hall–Kier alpha value is -2.21. The highest BCUT2D eigenvalue weighted by Gasteiger charge is 2.43. The van der Waals surface area contributed by atoms with Crippen LogP contribution in [0.4, 0.5) is 19.0 Å². The number of carbonyl (C=O) groups is 1. The van der Waals surface area contributed by atoms with Gasteiger partial charge in [0.2, 0.25) is 5.91 Å². The van der Waals surface area contributed by atoms with Gasteiger partial charge in [0.05, 0.1) is 13.2 Å². The molecule has 2 heterocycles. The van der Waals surface area contributed by atoms with E-state index in [1.807, 2.05) is 0 Å². The molecular formula is C11H13F3N4O5. The van der Waals surface area contributed by atoms with E-state index >= 15 is 0 Å². The van der Waals surface area contributed by atoms with Crippen LogP contribution >= 0.6 is 0 Å². The molecule has 0 bridgehead atoms. The van der Waals surface area contributed by atoms with E-state index in [1.54, 1.807) is 0 Å². The van der Waals surface area contributed by atoms with E-state index in [0.29, 0.717) is 6.20 Å². The number of imidazole rings is 1. The third-order valence-electron chi connectivity index (χ3n) is 3.18. The molecule has 1 aliphatic heterocycles. The summed E-state index contributed by atoms with van der Waals surface area (Å²) in [6, 6.07) is 0. The van der Waals surface area contributed by atoms with E-state index in [-0.39, 0.29) is 30.9 Å². The van der Waals surface area contributed by atoms with Gasteiger partial charge in [-0.05, 0) is 4.92 Å². The van der Waals surface area contributed by atoms with Crippen LogP contribution in [0.3, 0.4) is 0 Å². The Kier molecular flexibility index (Phi) is 4.85. The Morgan fingerprint density at radius 2 is 2.17 bits per heavy atom. The maximum absolute atomic E-state index is 12.8. The molecule has 1 atom stereocenters. The molecule has 0 aromatic carbocycles. The second kappa shape index (κ2) is 6.50. The minimum atomic E-state index is -4.90. The van der Waals surface area contributed by atoms with Crippen LogP contribution in [0.2, 0.25) is 0 Å². The topological polar surface area (TPSA) is 111 Å². The number of aliphatic hydroxyl groups excluding tert-OH is 1. The Balaban J connectivity index is 2.16. The third-order valence-corrected chi connectivity index (χ3v) is 3.18. The standard InChI is InChI=1S/C11H13F3N4O5/c12-11(13,14)10-15-3-8(18(21)22)17(10)5-7(19)4-16-1-2-23-6-9(16)20/h3,7,19H,1-2,4-6H2. The predicted molar refractivity (Wildman–Crippen MR) is 67.3 cm³/mol. The summed E-state index contributed by atoms with van der Waals surface area (Å²) in [5.41, 5.74) is 0. The molecule has 1 aromatic heterocycles. The molecule has 12 heteroatoms. The molecule has 2 rings (SSSR count). The lowest BCUT2D eigenvalue weighted by Gasteiger charge is -2.28. The zero-order valence-electron chi connectivity index (χ0n) is 11.7. The number of nitro groups is 1. The molecule has 1 fully saturated rings. The molecule has 1 aromatic rings. The molecular weight excluding hydrogens is 325 g/mol. The highest BCUT2D eigenvalue weighted by atomic mass is 19.4. The van der Waals surface area contributed by atoms with Crippen molar-refractivity contribution < 1.29 is 32.7 Å². The molecule has 0 saturated carbocycles. The zero-order valence-corrected chi connectivity index (χ0v) is 11.7. The first-order valence-corrected chi connectivity index (χ1v) is 6.51. The van der Waals surface area contributed by atoms with Crippen LogP contribution in [0.1, 0.15) is 5.82 Å². The van der Waals surface area contributed by atoms with Crippen molar-refractivity contribution in [2.45, 2.75) is 18.8 Å². The molecule has 1 N–H and O–H groups in total. The van der Waals surface area contributed by atoms with Crippen LogP contribution < -0.4 is 0 Å². The third kappa shape index (κ3) is 3.96. The maximum Gasteiger partial charge on any atom is 0.473 e.